The summed E-state index contributed by atoms with van der Waals surface area (Å²) >= 11 is 5.96. The molecule has 0 unspecified atom stereocenters. The van der Waals surface area contributed by atoms with Gasteiger partial charge in [-0.2, -0.15) is 0 Å². The maximum Gasteiger partial charge on any atom is 0.335 e. The van der Waals surface area contributed by atoms with E-state index in [4.69, 9.17) is 16.7 Å². The highest BCUT2D eigenvalue weighted by atomic mass is 35.5. The zero-order chi connectivity index (χ0) is 23.8. The van der Waals surface area contributed by atoms with Gasteiger partial charge in [-0.1, -0.05) is 23.7 Å². The first kappa shape index (κ1) is 22.8. The molecule has 0 aromatic heterocycles. The van der Waals surface area contributed by atoms with E-state index in [-0.39, 0.29) is 33.3 Å². The third-order valence-corrected chi connectivity index (χ3v) is 7.44. The summed E-state index contributed by atoms with van der Waals surface area (Å²) in [6.45, 7) is 0.215. The van der Waals surface area contributed by atoms with Gasteiger partial charge in [0.2, 0.25) is 0 Å². The predicted octanol–water partition coefficient (Wildman–Crippen LogP) is 4.57. The Labute approximate surface area is 194 Å². The number of carboxylic acid groups (broad SMARTS) is 1. The lowest BCUT2D eigenvalue weighted by atomic mass is 10.0. The van der Waals surface area contributed by atoms with Gasteiger partial charge in [-0.05, 0) is 66.9 Å². The van der Waals surface area contributed by atoms with Gasteiger partial charge in [0.05, 0.1) is 26.7 Å². The van der Waals surface area contributed by atoms with E-state index in [0.29, 0.717) is 18.5 Å². The summed E-state index contributed by atoms with van der Waals surface area (Å²) in [7, 11) is -3.98. The number of amides is 1. The van der Waals surface area contributed by atoms with Crippen molar-refractivity contribution in [3.8, 4) is 0 Å². The van der Waals surface area contributed by atoms with Crippen LogP contribution in [0.2, 0.25) is 5.02 Å². The number of benzene rings is 3. The van der Waals surface area contributed by atoms with Crippen LogP contribution in [0.1, 0.15) is 32.7 Å². The molecule has 0 bridgehead atoms. The molecule has 2 N–H and O–H groups in total. The molecule has 10 heteroatoms. The number of anilines is 2. The lowest BCUT2D eigenvalue weighted by molar-refractivity contribution is 0.0696. The number of fused-ring (bicyclic) bond motifs is 1. The van der Waals surface area contributed by atoms with Crippen LogP contribution in [-0.2, 0) is 16.4 Å². The van der Waals surface area contributed by atoms with Crippen molar-refractivity contribution < 1.29 is 27.5 Å². The van der Waals surface area contributed by atoms with Crippen LogP contribution >= 0.6 is 11.6 Å². The van der Waals surface area contributed by atoms with Gasteiger partial charge in [0.1, 0.15) is 5.82 Å². The highest BCUT2D eigenvalue weighted by Crippen LogP contribution is 2.34. The number of carboxylic acids is 1. The van der Waals surface area contributed by atoms with Gasteiger partial charge in [0.15, 0.2) is 0 Å². The van der Waals surface area contributed by atoms with Gasteiger partial charge in [-0.25, -0.2) is 17.6 Å². The van der Waals surface area contributed by atoms with Crippen LogP contribution in [0, 0.1) is 5.82 Å². The van der Waals surface area contributed by atoms with Crippen LogP contribution in [-0.4, -0.2) is 31.9 Å². The quantitative estimate of drug-likeness (QED) is 0.547. The van der Waals surface area contributed by atoms with E-state index in [2.05, 4.69) is 5.32 Å². The Bertz CT molecular complexity index is 1340. The van der Waals surface area contributed by atoms with E-state index in [1.807, 2.05) is 0 Å². The molecule has 0 fully saturated rings. The molecule has 4 rings (SSSR count). The van der Waals surface area contributed by atoms with Crippen LogP contribution in [0.5, 0.6) is 0 Å². The maximum absolute atomic E-state index is 14.1. The first-order valence-corrected chi connectivity index (χ1v) is 11.7. The monoisotopic (exact) mass is 488 g/mol. The fourth-order valence-corrected chi connectivity index (χ4v) is 5.46. The molecule has 7 nitrogen and oxygen atoms in total. The summed E-state index contributed by atoms with van der Waals surface area (Å²) in [6.07, 6.45) is 1.24. The number of hydrogen-bond donors (Lipinski definition) is 2. The number of hydrogen-bond acceptors (Lipinski definition) is 4. The Kier molecular flexibility index (Phi) is 6.09. The molecule has 3 aromatic rings. The molecule has 0 radical (unpaired) electrons. The van der Waals surface area contributed by atoms with Crippen molar-refractivity contribution in [3.63, 3.8) is 0 Å². The number of halogens is 2. The van der Waals surface area contributed by atoms with E-state index < -0.39 is 27.7 Å². The van der Waals surface area contributed by atoms with Crippen LogP contribution in [0.15, 0.2) is 65.6 Å². The summed E-state index contributed by atoms with van der Waals surface area (Å²) in [6, 6.07) is 13.7. The molecule has 0 saturated heterocycles. The lowest BCUT2D eigenvalue weighted by Gasteiger charge is -2.31. The van der Waals surface area contributed by atoms with E-state index in [1.54, 1.807) is 12.1 Å². The molecule has 3 aromatic carbocycles. The van der Waals surface area contributed by atoms with Gasteiger partial charge in [-0.15, -0.1) is 0 Å². The van der Waals surface area contributed by atoms with E-state index in [0.717, 1.165) is 11.6 Å². The Hall–Kier alpha value is -3.43. The molecule has 0 aliphatic carbocycles. The lowest BCUT2D eigenvalue weighted by Crippen LogP contribution is -2.35. The minimum absolute atomic E-state index is 0.0233. The summed E-state index contributed by atoms with van der Waals surface area (Å²) < 4.78 is 41.9. The minimum Gasteiger partial charge on any atom is -0.478 e. The average molecular weight is 489 g/mol. The normalized spacial score (nSPS) is 13.3. The first-order valence-electron chi connectivity index (χ1n) is 9.93. The maximum atomic E-state index is 14.1. The Morgan fingerprint density at radius 3 is 2.45 bits per heavy atom. The Morgan fingerprint density at radius 1 is 1.06 bits per heavy atom. The van der Waals surface area contributed by atoms with Crippen molar-refractivity contribution in [2.24, 2.45) is 0 Å². The third kappa shape index (κ3) is 4.42. The fourth-order valence-electron chi connectivity index (χ4n) is 3.67. The summed E-state index contributed by atoms with van der Waals surface area (Å²) in [4.78, 5) is 23.6. The SMILES string of the molecule is O=C(O)c1ccc(S(=O)(=O)N2CCCc3ccc(NC(=O)c4c(F)cccc4Cl)cc32)cc1. The zero-order valence-electron chi connectivity index (χ0n) is 17.1. The molecule has 0 spiro atoms. The van der Waals surface area contributed by atoms with E-state index >= 15 is 0 Å². The molecule has 1 aliphatic rings. The smallest absolute Gasteiger partial charge is 0.335 e. The van der Waals surface area contributed by atoms with Crippen LogP contribution in [0.25, 0.3) is 0 Å². The number of sulfonamides is 1. The van der Waals surface area contributed by atoms with Crippen molar-refractivity contribution in [1.29, 1.82) is 0 Å². The second kappa shape index (κ2) is 8.84. The second-order valence-corrected chi connectivity index (χ2v) is 9.67. The van der Waals surface area contributed by atoms with Crippen molar-refractivity contribution in [3.05, 3.63) is 88.2 Å². The zero-order valence-corrected chi connectivity index (χ0v) is 18.7. The minimum atomic E-state index is -3.98. The van der Waals surface area contributed by atoms with Gasteiger partial charge in [0, 0.05) is 12.2 Å². The third-order valence-electron chi connectivity index (χ3n) is 5.30. The number of nitrogens with zero attached hydrogens (tertiary/aromatic N) is 1. The number of aryl methyl sites for hydroxylation is 1. The average Bonchev–Trinajstić information content (AvgIpc) is 2.78. The van der Waals surface area contributed by atoms with Gasteiger partial charge in [0.25, 0.3) is 15.9 Å². The number of carbonyl (C=O) groups excluding carboxylic acids is 1. The Morgan fingerprint density at radius 2 is 1.79 bits per heavy atom. The number of rotatable bonds is 5. The van der Waals surface area contributed by atoms with Gasteiger partial charge < -0.3 is 10.4 Å². The van der Waals surface area contributed by atoms with Crippen molar-refractivity contribution in [1.82, 2.24) is 0 Å². The van der Waals surface area contributed by atoms with E-state index in [1.165, 1.54) is 46.8 Å². The van der Waals surface area contributed by atoms with Crippen molar-refractivity contribution in [2.75, 3.05) is 16.2 Å². The van der Waals surface area contributed by atoms with Crippen LogP contribution in [0.4, 0.5) is 15.8 Å². The number of aromatic carboxylic acids is 1. The predicted molar refractivity (Wildman–Crippen MR) is 122 cm³/mol. The largest absolute Gasteiger partial charge is 0.478 e. The van der Waals surface area contributed by atoms with Gasteiger partial charge in [-0.3, -0.25) is 9.10 Å². The molecule has 1 aliphatic heterocycles. The van der Waals surface area contributed by atoms with Gasteiger partial charge >= 0.3 is 5.97 Å². The summed E-state index contributed by atoms with van der Waals surface area (Å²) in [5, 5.41) is 11.6. The fraction of sp³-hybridized carbons (Fsp3) is 0.130. The summed E-state index contributed by atoms with van der Waals surface area (Å²) in [5.74, 6) is -2.68. The van der Waals surface area contributed by atoms with Crippen molar-refractivity contribution >= 4 is 44.9 Å². The number of carbonyl (C=O) groups is 2. The van der Waals surface area contributed by atoms with E-state index in [9.17, 15) is 22.4 Å². The summed E-state index contributed by atoms with van der Waals surface area (Å²) in [5.41, 5.74) is 1.11. The first-order chi connectivity index (χ1) is 15.7. The molecule has 33 heavy (non-hydrogen) atoms. The molecule has 1 amide bonds. The molecular formula is C23H18ClFN2O5S. The highest BCUT2D eigenvalue weighted by Gasteiger charge is 2.30. The number of nitrogens with one attached hydrogen (secondary N) is 1. The Balaban J connectivity index is 1.67. The van der Waals surface area contributed by atoms with Crippen molar-refractivity contribution in [2.45, 2.75) is 17.7 Å². The van der Waals surface area contributed by atoms with Crippen LogP contribution in [0.3, 0.4) is 0 Å². The second-order valence-electron chi connectivity index (χ2n) is 7.40. The molecule has 1 heterocycles. The molecule has 0 saturated carbocycles. The standard InChI is InChI=1S/C23H18ClFN2O5S/c24-18-4-1-5-19(25)21(18)22(28)26-16-9-6-14-3-2-12-27(20(14)13-16)33(31,32)17-10-7-15(8-11-17)23(29)30/h1,4-11,13H,2-3,12H2,(H,26,28)(H,29,30). The molecular weight excluding hydrogens is 471 g/mol. The van der Waals surface area contributed by atoms with Crippen LogP contribution < -0.4 is 9.62 Å². The molecule has 0 atom stereocenters. The topological polar surface area (TPSA) is 104 Å². The molecule has 170 valence electrons. The highest BCUT2D eigenvalue weighted by molar-refractivity contribution is 7.92.